The quantitative estimate of drug-likeness (QED) is 0.889. The summed E-state index contributed by atoms with van der Waals surface area (Å²) in [4.78, 5) is 8.40. The fourth-order valence-electron chi connectivity index (χ4n) is 2.52. The zero-order valence-corrected chi connectivity index (χ0v) is 14.6. The molecule has 2 aromatic rings. The summed E-state index contributed by atoms with van der Waals surface area (Å²) >= 11 is 1.78. The highest BCUT2D eigenvalue weighted by molar-refractivity contribution is 7.15. The van der Waals surface area contributed by atoms with Crippen molar-refractivity contribution in [3.63, 3.8) is 0 Å². The maximum absolute atomic E-state index is 4.87. The summed E-state index contributed by atoms with van der Waals surface area (Å²) in [5, 5.41) is 4.31. The summed E-state index contributed by atoms with van der Waals surface area (Å²) in [7, 11) is 4.08. The fraction of sp³-hybridized carbons (Fsp3) is 0.471. The molecule has 0 radical (unpaired) electrons. The smallest absolute Gasteiger partial charge is 0.190 e. The lowest BCUT2D eigenvalue weighted by Gasteiger charge is -2.18. The summed E-state index contributed by atoms with van der Waals surface area (Å²) in [6.07, 6.45) is 0. The number of hydrogen-bond donors (Lipinski definition) is 1. The molecule has 3 nitrogen and oxygen atoms in total. The molecular formula is C17H25N3S. The zero-order valence-electron chi connectivity index (χ0n) is 13.8. The van der Waals surface area contributed by atoms with Gasteiger partial charge in [0.1, 0.15) is 0 Å². The highest BCUT2D eigenvalue weighted by Gasteiger charge is 2.17. The summed E-state index contributed by atoms with van der Waals surface area (Å²) < 4.78 is 0. The van der Waals surface area contributed by atoms with Crippen LogP contribution in [0.5, 0.6) is 0 Å². The van der Waals surface area contributed by atoms with E-state index in [0.717, 1.165) is 11.7 Å². The molecule has 0 atom stereocenters. The highest BCUT2D eigenvalue weighted by atomic mass is 32.1. The van der Waals surface area contributed by atoms with Crippen LogP contribution >= 0.6 is 11.3 Å². The van der Waals surface area contributed by atoms with Gasteiger partial charge in [-0.15, -0.1) is 0 Å². The van der Waals surface area contributed by atoms with Crippen LogP contribution in [0.2, 0.25) is 0 Å². The van der Waals surface area contributed by atoms with Crippen molar-refractivity contribution in [2.45, 2.75) is 40.2 Å². The van der Waals surface area contributed by atoms with E-state index in [-0.39, 0.29) is 0 Å². The molecule has 0 saturated heterocycles. The largest absolute Gasteiger partial charge is 0.321 e. The summed E-state index contributed by atoms with van der Waals surface area (Å²) in [5.74, 6) is 0.450. The normalized spacial score (nSPS) is 11.2. The van der Waals surface area contributed by atoms with Gasteiger partial charge in [0, 0.05) is 24.2 Å². The first-order valence-electron chi connectivity index (χ1n) is 7.39. The van der Waals surface area contributed by atoms with Crippen molar-refractivity contribution in [1.82, 2.24) is 10.3 Å². The van der Waals surface area contributed by atoms with Crippen molar-refractivity contribution >= 4 is 22.2 Å². The molecule has 0 aliphatic carbocycles. The topological polar surface area (TPSA) is 28.2 Å². The van der Waals surface area contributed by atoms with Crippen LogP contribution in [0, 0.1) is 13.8 Å². The van der Waals surface area contributed by atoms with Crippen LogP contribution in [0.4, 0.5) is 10.8 Å². The van der Waals surface area contributed by atoms with E-state index in [0.29, 0.717) is 5.92 Å². The van der Waals surface area contributed by atoms with E-state index in [1.54, 1.807) is 11.3 Å². The predicted molar refractivity (Wildman–Crippen MR) is 92.9 cm³/mol. The van der Waals surface area contributed by atoms with Crippen molar-refractivity contribution in [1.29, 1.82) is 0 Å². The predicted octanol–water partition coefficient (Wildman–Crippen LogP) is 4.37. The Balaban J connectivity index is 2.38. The molecule has 21 heavy (non-hydrogen) atoms. The van der Waals surface area contributed by atoms with E-state index in [1.165, 1.54) is 27.4 Å². The van der Waals surface area contributed by atoms with Gasteiger partial charge in [0.15, 0.2) is 5.13 Å². The number of nitrogens with zero attached hydrogens (tertiary/aromatic N) is 2. The Hall–Kier alpha value is -1.39. The Labute approximate surface area is 132 Å². The molecule has 0 unspecified atom stereocenters. The molecule has 1 aromatic heterocycles. The number of thiazole rings is 1. The van der Waals surface area contributed by atoms with Gasteiger partial charge in [0.25, 0.3) is 0 Å². The third-order valence-corrected chi connectivity index (χ3v) is 4.75. The zero-order chi connectivity index (χ0) is 15.6. The Morgan fingerprint density at radius 3 is 2.57 bits per heavy atom. The van der Waals surface area contributed by atoms with Crippen LogP contribution in [-0.4, -0.2) is 19.1 Å². The number of aromatic nitrogens is 1. The Kier molecular flexibility index (Phi) is 5.01. The SMILES string of the molecule is CNCc1sc(N(C)c2ccc(C)cc2C)nc1C(C)C. The van der Waals surface area contributed by atoms with E-state index >= 15 is 0 Å². The monoisotopic (exact) mass is 303 g/mol. The number of benzene rings is 1. The molecule has 1 aromatic carbocycles. The summed E-state index contributed by atoms with van der Waals surface area (Å²) in [6.45, 7) is 9.57. The highest BCUT2D eigenvalue weighted by Crippen LogP contribution is 2.34. The van der Waals surface area contributed by atoms with Gasteiger partial charge in [-0.25, -0.2) is 4.98 Å². The fourth-order valence-corrected chi connectivity index (χ4v) is 3.72. The lowest BCUT2D eigenvalue weighted by molar-refractivity contribution is 0.770. The minimum absolute atomic E-state index is 0.450. The molecule has 0 amide bonds. The third kappa shape index (κ3) is 3.44. The number of rotatable bonds is 5. The van der Waals surface area contributed by atoms with Gasteiger partial charge in [-0.2, -0.15) is 0 Å². The van der Waals surface area contributed by atoms with Crippen LogP contribution in [0.15, 0.2) is 18.2 Å². The lowest BCUT2D eigenvalue weighted by Crippen LogP contribution is -2.10. The van der Waals surface area contributed by atoms with E-state index in [1.807, 2.05) is 7.05 Å². The van der Waals surface area contributed by atoms with E-state index < -0.39 is 0 Å². The molecule has 4 heteroatoms. The summed E-state index contributed by atoms with van der Waals surface area (Å²) in [5.41, 5.74) is 5.01. The number of aryl methyl sites for hydroxylation is 2. The van der Waals surface area contributed by atoms with Crippen molar-refractivity contribution in [3.05, 3.63) is 39.9 Å². The first kappa shape index (κ1) is 16.0. The maximum Gasteiger partial charge on any atom is 0.190 e. The molecular weight excluding hydrogens is 278 g/mol. The molecule has 114 valence electrons. The minimum atomic E-state index is 0.450. The molecule has 1 N–H and O–H groups in total. The standard InChI is InChI=1S/C17H25N3S/c1-11(2)16-15(10-18-5)21-17(19-16)20(6)14-8-7-12(3)9-13(14)4/h7-9,11,18H,10H2,1-6H3. The minimum Gasteiger partial charge on any atom is -0.321 e. The van der Waals surface area contributed by atoms with Gasteiger partial charge in [-0.1, -0.05) is 42.9 Å². The Morgan fingerprint density at radius 2 is 2.00 bits per heavy atom. The number of nitrogens with one attached hydrogen (secondary N) is 1. The van der Waals surface area contributed by atoms with Gasteiger partial charge in [-0.05, 0) is 38.4 Å². The van der Waals surface area contributed by atoms with E-state index in [9.17, 15) is 0 Å². The molecule has 0 aliphatic rings. The molecule has 0 bridgehead atoms. The number of hydrogen-bond acceptors (Lipinski definition) is 4. The van der Waals surface area contributed by atoms with Crippen LogP contribution in [0.25, 0.3) is 0 Å². The second-order valence-electron chi connectivity index (χ2n) is 5.84. The molecule has 1 heterocycles. The van der Waals surface area contributed by atoms with E-state index in [2.05, 4.69) is 63.2 Å². The second-order valence-corrected chi connectivity index (χ2v) is 6.90. The average molecular weight is 303 g/mol. The first-order chi connectivity index (χ1) is 9.93. The Morgan fingerprint density at radius 1 is 1.29 bits per heavy atom. The van der Waals surface area contributed by atoms with Crippen molar-refractivity contribution < 1.29 is 0 Å². The molecule has 0 saturated carbocycles. The van der Waals surface area contributed by atoms with E-state index in [4.69, 9.17) is 4.98 Å². The van der Waals surface area contributed by atoms with Gasteiger partial charge < -0.3 is 10.2 Å². The second kappa shape index (κ2) is 6.58. The van der Waals surface area contributed by atoms with Crippen molar-refractivity contribution in [2.24, 2.45) is 0 Å². The molecule has 0 aliphatic heterocycles. The van der Waals surface area contributed by atoms with Crippen molar-refractivity contribution in [2.75, 3.05) is 19.0 Å². The van der Waals surface area contributed by atoms with Crippen LogP contribution in [-0.2, 0) is 6.54 Å². The molecule has 2 rings (SSSR count). The maximum atomic E-state index is 4.87. The van der Waals surface area contributed by atoms with Gasteiger partial charge in [-0.3, -0.25) is 0 Å². The lowest BCUT2D eigenvalue weighted by atomic mass is 10.1. The molecule has 0 spiro atoms. The van der Waals surface area contributed by atoms with Crippen LogP contribution in [0.3, 0.4) is 0 Å². The average Bonchev–Trinajstić information content (AvgIpc) is 2.83. The summed E-state index contributed by atoms with van der Waals surface area (Å²) in [6, 6.07) is 6.56. The van der Waals surface area contributed by atoms with Gasteiger partial charge >= 0.3 is 0 Å². The Bertz CT molecular complexity index is 616. The van der Waals surface area contributed by atoms with Gasteiger partial charge in [0.05, 0.1) is 5.69 Å². The first-order valence-corrected chi connectivity index (χ1v) is 8.20. The van der Waals surface area contributed by atoms with Crippen molar-refractivity contribution in [3.8, 4) is 0 Å². The third-order valence-electron chi connectivity index (χ3n) is 3.60. The van der Waals surface area contributed by atoms with Gasteiger partial charge in [0.2, 0.25) is 0 Å². The number of anilines is 2. The van der Waals surface area contributed by atoms with Crippen LogP contribution in [0.1, 0.15) is 41.5 Å². The molecule has 0 fully saturated rings. The van der Waals surface area contributed by atoms with Crippen LogP contribution < -0.4 is 10.2 Å².